The standard InChI is InChI=1S/C15H17N3O3/c1-21-13-7-3-2-6-11(13)12(19)10-17-15(20)18-14-8-4-5-9-16-14/h2-9,12,19H,10H2,1H3,(H2,16,17,18,20)/t12-/m1/s1. The number of para-hydroxylation sites is 1. The third-order valence-corrected chi connectivity index (χ3v) is 2.86. The van der Waals surface area contributed by atoms with Gasteiger partial charge in [-0.15, -0.1) is 0 Å². The van der Waals surface area contributed by atoms with Crippen LogP contribution in [-0.2, 0) is 0 Å². The smallest absolute Gasteiger partial charge is 0.320 e. The number of hydrogen-bond donors (Lipinski definition) is 3. The molecule has 0 spiro atoms. The lowest BCUT2D eigenvalue weighted by molar-refractivity contribution is 0.171. The van der Waals surface area contributed by atoms with Gasteiger partial charge >= 0.3 is 6.03 Å². The zero-order valence-corrected chi connectivity index (χ0v) is 11.6. The summed E-state index contributed by atoms with van der Waals surface area (Å²) in [7, 11) is 1.53. The molecule has 2 aromatic rings. The molecule has 1 aromatic heterocycles. The molecule has 2 amide bonds. The van der Waals surface area contributed by atoms with Gasteiger partial charge in [-0.25, -0.2) is 9.78 Å². The molecule has 0 bridgehead atoms. The number of nitrogens with zero attached hydrogens (tertiary/aromatic N) is 1. The molecular formula is C15H17N3O3. The zero-order valence-electron chi connectivity index (χ0n) is 11.6. The van der Waals surface area contributed by atoms with E-state index in [0.717, 1.165) is 0 Å². The van der Waals surface area contributed by atoms with Gasteiger partial charge in [-0.2, -0.15) is 0 Å². The number of aromatic nitrogens is 1. The fourth-order valence-corrected chi connectivity index (χ4v) is 1.84. The Morgan fingerprint density at radius 1 is 1.29 bits per heavy atom. The maximum Gasteiger partial charge on any atom is 0.320 e. The summed E-state index contributed by atoms with van der Waals surface area (Å²) >= 11 is 0. The first-order valence-electron chi connectivity index (χ1n) is 6.47. The van der Waals surface area contributed by atoms with E-state index in [1.165, 1.54) is 7.11 Å². The molecule has 1 heterocycles. The van der Waals surface area contributed by atoms with Crippen molar-refractivity contribution in [2.75, 3.05) is 19.0 Å². The molecule has 21 heavy (non-hydrogen) atoms. The number of aliphatic hydroxyl groups excluding tert-OH is 1. The van der Waals surface area contributed by atoms with Gasteiger partial charge in [-0.1, -0.05) is 24.3 Å². The van der Waals surface area contributed by atoms with Gasteiger partial charge in [-0.05, 0) is 18.2 Å². The lowest BCUT2D eigenvalue weighted by Crippen LogP contribution is -2.32. The van der Waals surface area contributed by atoms with Crippen molar-refractivity contribution in [3.63, 3.8) is 0 Å². The largest absolute Gasteiger partial charge is 0.496 e. The number of pyridine rings is 1. The average Bonchev–Trinajstić information content (AvgIpc) is 2.53. The van der Waals surface area contributed by atoms with Gasteiger partial charge in [0.2, 0.25) is 0 Å². The number of methoxy groups -OCH3 is 1. The maximum absolute atomic E-state index is 11.7. The Hall–Kier alpha value is -2.60. The summed E-state index contributed by atoms with van der Waals surface area (Å²) in [4.78, 5) is 15.7. The van der Waals surface area contributed by atoms with E-state index < -0.39 is 12.1 Å². The molecule has 0 saturated carbocycles. The number of anilines is 1. The van der Waals surface area contributed by atoms with Crippen LogP contribution in [-0.4, -0.2) is 29.8 Å². The van der Waals surface area contributed by atoms with Crippen molar-refractivity contribution in [1.82, 2.24) is 10.3 Å². The minimum atomic E-state index is -0.851. The number of aliphatic hydroxyl groups is 1. The van der Waals surface area contributed by atoms with E-state index in [1.807, 2.05) is 6.07 Å². The summed E-state index contributed by atoms with van der Waals surface area (Å²) in [6.07, 6.45) is 0.731. The molecule has 2 rings (SSSR count). The van der Waals surface area contributed by atoms with Crippen LogP contribution in [0.1, 0.15) is 11.7 Å². The number of ether oxygens (including phenoxy) is 1. The van der Waals surface area contributed by atoms with Crippen molar-refractivity contribution >= 4 is 11.8 Å². The lowest BCUT2D eigenvalue weighted by Gasteiger charge is -2.15. The Bertz CT molecular complexity index is 590. The van der Waals surface area contributed by atoms with Crippen LogP contribution in [0.4, 0.5) is 10.6 Å². The van der Waals surface area contributed by atoms with Crippen molar-refractivity contribution in [3.8, 4) is 5.75 Å². The monoisotopic (exact) mass is 287 g/mol. The van der Waals surface area contributed by atoms with Gasteiger partial charge in [0.1, 0.15) is 11.6 Å². The van der Waals surface area contributed by atoms with Crippen molar-refractivity contribution in [1.29, 1.82) is 0 Å². The fourth-order valence-electron chi connectivity index (χ4n) is 1.84. The number of amides is 2. The van der Waals surface area contributed by atoms with Gasteiger partial charge in [0.25, 0.3) is 0 Å². The van der Waals surface area contributed by atoms with Gasteiger partial charge < -0.3 is 15.2 Å². The number of benzene rings is 1. The molecule has 0 unspecified atom stereocenters. The average molecular weight is 287 g/mol. The third-order valence-electron chi connectivity index (χ3n) is 2.86. The lowest BCUT2D eigenvalue weighted by atomic mass is 10.1. The van der Waals surface area contributed by atoms with Crippen molar-refractivity contribution < 1.29 is 14.6 Å². The molecule has 3 N–H and O–H groups in total. The predicted octanol–water partition coefficient (Wildman–Crippen LogP) is 1.95. The molecule has 0 aliphatic rings. The minimum absolute atomic E-state index is 0.0685. The van der Waals surface area contributed by atoms with Crippen molar-refractivity contribution in [2.45, 2.75) is 6.10 Å². The minimum Gasteiger partial charge on any atom is -0.496 e. The second kappa shape index (κ2) is 7.25. The molecule has 110 valence electrons. The Morgan fingerprint density at radius 2 is 2.05 bits per heavy atom. The summed E-state index contributed by atoms with van der Waals surface area (Å²) < 4.78 is 5.17. The van der Waals surface area contributed by atoms with Crippen molar-refractivity contribution in [3.05, 3.63) is 54.2 Å². The van der Waals surface area contributed by atoms with Crippen LogP contribution in [0, 0.1) is 0 Å². The number of rotatable bonds is 5. The topological polar surface area (TPSA) is 83.5 Å². The highest BCUT2D eigenvalue weighted by atomic mass is 16.5. The second-order valence-corrected chi connectivity index (χ2v) is 4.31. The third kappa shape index (κ3) is 4.19. The van der Waals surface area contributed by atoms with E-state index >= 15 is 0 Å². The molecular weight excluding hydrogens is 270 g/mol. The number of carbonyl (C=O) groups is 1. The zero-order chi connectivity index (χ0) is 15.1. The Morgan fingerprint density at radius 3 is 2.76 bits per heavy atom. The summed E-state index contributed by atoms with van der Waals surface area (Å²) in [5, 5.41) is 15.3. The molecule has 1 atom stereocenters. The van der Waals surface area contributed by atoms with E-state index in [9.17, 15) is 9.90 Å². The molecule has 0 radical (unpaired) electrons. The molecule has 1 aromatic carbocycles. The van der Waals surface area contributed by atoms with Crippen LogP contribution in [0.3, 0.4) is 0 Å². The van der Waals surface area contributed by atoms with Gasteiger partial charge in [-0.3, -0.25) is 5.32 Å². The number of urea groups is 1. The van der Waals surface area contributed by atoms with E-state index in [-0.39, 0.29) is 6.54 Å². The molecule has 0 aliphatic carbocycles. The van der Waals surface area contributed by atoms with Crippen LogP contribution in [0.5, 0.6) is 5.75 Å². The molecule has 0 saturated heterocycles. The number of nitrogens with one attached hydrogen (secondary N) is 2. The highest BCUT2D eigenvalue weighted by Crippen LogP contribution is 2.23. The highest BCUT2D eigenvalue weighted by Gasteiger charge is 2.13. The van der Waals surface area contributed by atoms with E-state index in [2.05, 4.69) is 15.6 Å². The normalized spacial score (nSPS) is 11.5. The Balaban J connectivity index is 1.89. The number of carbonyl (C=O) groups excluding carboxylic acids is 1. The van der Waals surface area contributed by atoms with E-state index in [4.69, 9.17) is 4.74 Å². The fraction of sp³-hybridized carbons (Fsp3) is 0.200. The maximum atomic E-state index is 11.7. The van der Waals surface area contributed by atoms with E-state index in [1.54, 1.807) is 42.6 Å². The first-order valence-corrected chi connectivity index (χ1v) is 6.47. The van der Waals surface area contributed by atoms with Crippen LogP contribution >= 0.6 is 0 Å². The molecule has 0 fully saturated rings. The van der Waals surface area contributed by atoms with Gasteiger partial charge in [0, 0.05) is 18.3 Å². The molecule has 6 nitrogen and oxygen atoms in total. The summed E-state index contributed by atoms with van der Waals surface area (Å²) in [5.74, 6) is 1.03. The SMILES string of the molecule is COc1ccccc1[C@H](O)CNC(=O)Nc1ccccn1. The molecule has 0 aliphatic heterocycles. The highest BCUT2D eigenvalue weighted by molar-refractivity contribution is 5.88. The van der Waals surface area contributed by atoms with Crippen LogP contribution in [0.2, 0.25) is 0 Å². The van der Waals surface area contributed by atoms with Crippen LogP contribution in [0.25, 0.3) is 0 Å². The number of hydrogen-bond acceptors (Lipinski definition) is 4. The first kappa shape index (κ1) is 14.8. The second-order valence-electron chi connectivity index (χ2n) is 4.31. The Labute approximate surface area is 122 Å². The summed E-state index contributed by atoms with van der Waals surface area (Å²) in [5.41, 5.74) is 0.623. The first-order chi connectivity index (χ1) is 10.2. The summed E-state index contributed by atoms with van der Waals surface area (Å²) in [6.45, 7) is 0.0685. The van der Waals surface area contributed by atoms with Crippen LogP contribution < -0.4 is 15.4 Å². The molecule has 6 heteroatoms. The van der Waals surface area contributed by atoms with Crippen molar-refractivity contribution in [2.24, 2.45) is 0 Å². The quantitative estimate of drug-likeness (QED) is 0.785. The van der Waals surface area contributed by atoms with Gasteiger partial charge in [0.05, 0.1) is 13.2 Å². The van der Waals surface area contributed by atoms with Crippen LogP contribution in [0.15, 0.2) is 48.7 Å². The van der Waals surface area contributed by atoms with Gasteiger partial charge in [0.15, 0.2) is 0 Å². The Kier molecular flexibility index (Phi) is 5.11. The van der Waals surface area contributed by atoms with E-state index in [0.29, 0.717) is 17.1 Å². The predicted molar refractivity (Wildman–Crippen MR) is 79.2 cm³/mol. The summed E-state index contributed by atoms with van der Waals surface area (Å²) in [6, 6.07) is 11.9.